The Hall–Kier alpha value is -1.05. The number of ether oxygens (including phenoxy) is 4. The average molecular weight is 539 g/mol. The van der Waals surface area contributed by atoms with Crippen LogP contribution in [0.2, 0.25) is 0 Å². The Morgan fingerprint density at radius 1 is 1.00 bits per heavy atom. The van der Waals surface area contributed by atoms with E-state index in [1.165, 1.54) is 14.2 Å². The third-order valence-corrected chi connectivity index (χ3v) is 1.81. The Balaban J connectivity index is -0.000000112. The molecule has 0 atom stereocenters. The molecule has 0 amide bonds. The first kappa shape index (κ1) is 35.1. The fraction of sp³-hybridized carbons (Fsp3) is 0.400. The number of carbonyl (C=O) groups excluding carboxylic acids is 3. The fourth-order valence-electron chi connectivity index (χ4n) is 1.03. The van der Waals surface area contributed by atoms with Crippen LogP contribution < -0.4 is 0 Å². The molecule has 0 aromatic rings. The van der Waals surface area contributed by atoms with Gasteiger partial charge in [-0.3, -0.25) is 0 Å². The second kappa shape index (κ2) is 27.8. The van der Waals surface area contributed by atoms with Crippen molar-refractivity contribution < 1.29 is 62.6 Å². The molecule has 0 heterocycles. The second-order valence-electron chi connectivity index (χ2n) is 3.85. The van der Waals surface area contributed by atoms with Crippen LogP contribution in [0.3, 0.4) is 0 Å². The van der Waals surface area contributed by atoms with Gasteiger partial charge in [-0.1, -0.05) is 0 Å². The van der Waals surface area contributed by atoms with E-state index in [0.29, 0.717) is 6.29 Å². The number of carbonyl (C=O) groups is 3. The van der Waals surface area contributed by atoms with E-state index in [1.54, 1.807) is 0 Å². The molecular weight excluding hydrogens is 511 g/mol. The van der Waals surface area contributed by atoms with Gasteiger partial charge in [0, 0.05) is 20.4 Å². The van der Waals surface area contributed by atoms with Gasteiger partial charge in [0.15, 0.2) is 13.1 Å². The van der Waals surface area contributed by atoms with Crippen LogP contribution in [0.1, 0.15) is 0 Å². The van der Waals surface area contributed by atoms with Crippen molar-refractivity contribution >= 4 is 18.2 Å². The summed E-state index contributed by atoms with van der Waals surface area (Å²) >= 11 is 0. The van der Waals surface area contributed by atoms with Crippen LogP contribution in [-0.2, 0) is 53.8 Å². The van der Waals surface area contributed by atoms with Crippen LogP contribution in [0, 0.1) is 42.4 Å². The van der Waals surface area contributed by atoms with E-state index in [-0.39, 0.29) is 44.5 Å². The number of halogens is 1. The number of aldehydes is 1. The molecule has 0 rings (SSSR count). The molecule has 0 aliphatic carbocycles. The molecule has 8 nitrogen and oxygen atoms in total. The molecule has 0 fully saturated rings. The molecule has 25 heavy (non-hydrogen) atoms. The molecule has 0 saturated carbocycles. The minimum Gasteiger partial charge on any atom is -0.636 e. The summed E-state index contributed by atoms with van der Waals surface area (Å²) in [7, 11) is 18.4. The molecule has 0 bridgehead atoms. The third kappa shape index (κ3) is 35.1. The van der Waals surface area contributed by atoms with Crippen LogP contribution in [0.4, 0.5) is 4.39 Å². The predicted molar refractivity (Wildman–Crippen MR) is 85.2 cm³/mol. The molecule has 0 spiro atoms. The van der Waals surface area contributed by atoms with E-state index in [2.05, 4.69) is 61.4 Å². The molecule has 10 heteroatoms. The Morgan fingerprint density at radius 3 is 1.40 bits per heavy atom. The Kier molecular flexibility index (Phi) is 39.0. The summed E-state index contributed by atoms with van der Waals surface area (Å²) in [6.07, 6.45) is 0.500. The molecule has 153 valence electrons. The molecule has 0 aliphatic heterocycles. The normalized spacial score (nSPS) is 8.48. The van der Waals surface area contributed by atoms with E-state index in [1.807, 2.05) is 0 Å². The molecule has 0 aromatic heterocycles. The number of hydrogen-bond donors (Lipinski definition) is 0. The minimum atomic E-state index is -0.710. The van der Waals surface area contributed by atoms with Gasteiger partial charge in [0.1, 0.15) is 6.67 Å². The summed E-state index contributed by atoms with van der Waals surface area (Å²) in [5.41, 5.74) is 0. The van der Waals surface area contributed by atoms with E-state index in [9.17, 15) is 14.0 Å². The van der Waals surface area contributed by atoms with E-state index in [0.717, 1.165) is 0 Å². The molecule has 0 aromatic carbocycles. The molecular formula is C15H27FNO7Re-5. The van der Waals surface area contributed by atoms with Crippen LogP contribution >= 0.6 is 0 Å². The Morgan fingerprint density at radius 2 is 1.24 bits per heavy atom. The number of rotatable bonds is 6. The summed E-state index contributed by atoms with van der Waals surface area (Å²) in [5, 5.41) is 0. The summed E-state index contributed by atoms with van der Waals surface area (Å²) in [6, 6.07) is 0. The minimum absolute atomic E-state index is 0. The van der Waals surface area contributed by atoms with E-state index < -0.39 is 18.6 Å². The molecule has 0 saturated heterocycles. The maximum absolute atomic E-state index is 12.2. The first-order valence-electron chi connectivity index (χ1n) is 6.17. The predicted octanol–water partition coefficient (Wildman–Crippen LogP) is 1.10. The van der Waals surface area contributed by atoms with Gasteiger partial charge in [-0.2, -0.15) is 14.2 Å². The van der Waals surface area contributed by atoms with Crippen molar-refractivity contribution in [1.29, 1.82) is 0 Å². The fourth-order valence-corrected chi connectivity index (χ4v) is 1.03. The van der Waals surface area contributed by atoms with Gasteiger partial charge in [0.2, 0.25) is 0 Å². The number of alkyl halides is 1. The maximum atomic E-state index is 12.2. The first-order valence-corrected chi connectivity index (χ1v) is 6.17. The van der Waals surface area contributed by atoms with Crippen molar-refractivity contribution in [2.24, 2.45) is 0 Å². The van der Waals surface area contributed by atoms with Gasteiger partial charge in [-0.15, -0.1) is 7.05 Å². The van der Waals surface area contributed by atoms with Gasteiger partial charge in [0.05, 0.1) is 6.54 Å². The van der Waals surface area contributed by atoms with Crippen LogP contribution in [0.5, 0.6) is 0 Å². The van der Waals surface area contributed by atoms with Gasteiger partial charge in [-0.25, -0.2) is 28.2 Å². The van der Waals surface area contributed by atoms with Crippen molar-refractivity contribution in [2.75, 3.05) is 40.5 Å². The maximum Gasteiger partial charge on any atom is 0.327 e. The van der Waals surface area contributed by atoms with Gasteiger partial charge >= 0.3 is 11.9 Å². The topological polar surface area (TPSA) is 88.1 Å². The largest absolute Gasteiger partial charge is 0.636 e. The summed E-state index contributed by atoms with van der Waals surface area (Å²) in [4.78, 5) is 30.6. The number of methoxy groups -OCH3 is 2. The van der Waals surface area contributed by atoms with Crippen LogP contribution in [0.15, 0.2) is 0 Å². The van der Waals surface area contributed by atoms with Crippen molar-refractivity contribution in [3.8, 4) is 0 Å². The Bertz CT molecular complexity index is 288. The number of hydrogen-bond acceptors (Lipinski definition) is 7. The van der Waals surface area contributed by atoms with Crippen molar-refractivity contribution in [3.63, 3.8) is 0 Å². The number of nitrogens with zero attached hydrogens (tertiary/aromatic N) is 1. The second-order valence-corrected chi connectivity index (χ2v) is 3.85. The zero-order valence-electron chi connectivity index (χ0n) is 14.7. The molecule has 0 aliphatic rings. The molecule has 0 unspecified atom stereocenters. The van der Waals surface area contributed by atoms with Crippen molar-refractivity contribution in [3.05, 3.63) is 42.4 Å². The summed E-state index contributed by atoms with van der Waals surface area (Å²) in [6.45, 7) is 1.51. The number of esters is 2. The van der Waals surface area contributed by atoms with Crippen molar-refractivity contribution in [2.45, 2.75) is 0 Å². The summed E-state index contributed by atoms with van der Waals surface area (Å²) in [5.74, 6) is -1.34. The smallest absolute Gasteiger partial charge is 0.327 e. The van der Waals surface area contributed by atoms with E-state index >= 15 is 0 Å². The SMILES string of the molecule is [CH2-]C=O.[CH2-]OC.[CH2-]OC.[CH2-]OC(=O)C[N+]([CH2-])(CCF)CC(=O)O[CH2-].[Re]. The quantitative estimate of drug-likeness (QED) is 0.217. The zero-order chi connectivity index (χ0) is 20.0. The number of quaternary nitrogens is 1. The molecule has 0 N–H and O–H groups in total. The van der Waals surface area contributed by atoms with Crippen LogP contribution in [0.25, 0.3) is 0 Å². The van der Waals surface area contributed by atoms with Crippen molar-refractivity contribution in [1.82, 2.24) is 0 Å². The average Bonchev–Trinajstić information content (AvgIpc) is 2.49. The van der Waals surface area contributed by atoms with Crippen LogP contribution in [-0.4, -0.2) is 63.2 Å². The van der Waals surface area contributed by atoms with Gasteiger partial charge in [-0.05, 0) is 20.5 Å². The zero-order valence-corrected chi connectivity index (χ0v) is 17.4. The first-order chi connectivity index (χ1) is 11.2. The monoisotopic (exact) mass is 539 g/mol. The van der Waals surface area contributed by atoms with E-state index in [4.69, 9.17) is 4.79 Å². The molecule has 1 radical (unpaired) electrons. The van der Waals surface area contributed by atoms with Gasteiger partial charge in [0.25, 0.3) is 0 Å². The van der Waals surface area contributed by atoms with Gasteiger partial charge < -0.3 is 35.1 Å². The third-order valence-electron chi connectivity index (χ3n) is 1.81. The summed E-state index contributed by atoms with van der Waals surface area (Å²) < 4.78 is 28.2. The standard InChI is InChI=1S/C9H14FNO4.2C2H5O.C2H3O.Re/c1-11(5-4-10,6-8(12)14-2)7-9(13)15-3;2*1-3-2;1-2-3;/h1-7H2;2*1H2,2H3;2H,1H2;/q-2;3*-1;. The Labute approximate surface area is 164 Å².